The van der Waals surface area contributed by atoms with Crippen molar-refractivity contribution >= 4 is 26.8 Å². The molecule has 0 spiro atoms. The molecule has 0 aliphatic carbocycles. The van der Waals surface area contributed by atoms with E-state index in [1.165, 1.54) is 24.3 Å². The van der Waals surface area contributed by atoms with E-state index in [4.69, 9.17) is 4.74 Å². The van der Waals surface area contributed by atoms with Crippen molar-refractivity contribution in [1.29, 1.82) is 0 Å². The number of benzene rings is 3. The van der Waals surface area contributed by atoms with Crippen molar-refractivity contribution in [2.24, 2.45) is 0 Å². The van der Waals surface area contributed by atoms with Crippen LogP contribution in [0.2, 0.25) is 0 Å². The lowest BCUT2D eigenvalue weighted by Crippen LogP contribution is -2.28. The minimum atomic E-state index is -5.77. The van der Waals surface area contributed by atoms with Gasteiger partial charge < -0.3 is 19.3 Å². The van der Waals surface area contributed by atoms with Crippen LogP contribution < -0.4 is 9.50 Å². The third-order valence-electron chi connectivity index (χ3n) is 6.23. The number of nitrogens with one attached hydrogen (secondary N) is 1. The van der Waals surface area contributed by atoms with Crippen molar-refractivity contribution in [3.8, 4) is 5.75 Å². The Labute approximate surface area is 243 Å². The number of aliphatic hydroxyl groups is 1. The summed E-state index contributed by atoms with van der Waals surface area (Å²) in [6.07, 6.45) is 6.62. The first-order valence-corrected chi connectivity index (χ1v) is 14.5. The molecule has 3 aromatic rings. The highest BCUT2D eigenvalue weighted by atomic mass is 32.2. The number of aliphatic hydroxyl groups excluding tert-OH is 1. The van der Waals surface area contributed by atoms with E-state index >= 15 is 0 Å². The first-order valence-electron chi connectivity index (χ1n) is 13.1. The topological polar surface area (TPSA) is 102 Å². The molecule has 7 nitrogen and oxygen atoms in total. The van der Waals surface area contributed by atoms with Gasteiger partial charge in [0.25, 0.3) is 5.91 Å². The molecule has 2 atom stereocenters. The predicted octanol–water partition coefficient (Wildman–Crippen LogP) is 6.12. The van der Waals surface area contributed by atoms with E-state index in [1.54, 1.807) is 25.1 Å². The van der Waals surface area contributed by atoms with Crippen LogP contribution in [0.25, 0.3) is 10.8 Å². The Morgan fingerprint density at radius 3 is 2.40 bits per heavy atom. The number of hydrogen-bond acceptors (Lipinski definition) is 6. The smallest absolute Gasteiger partial charge is 0.376 e. The Hall–Kier alpha value is -3.93. The summed E-state index contributed by atoms with van der Waals surface area (Å²) in [5.74, 6) is -0.865. The number of rotatable bonds is 14. The molecule has 1 amide bonds. The van der Waals surface area contributed by atoms with Crippen molar-refractivity contribution < 1.29 is 40.4 Å². The maximum absolute atomic E-state index is 12.7. The van der Waals surface area contributed by atoms with Gasteiger partial charge in [-0.1, -0.05) is 79.4 Å². The third-order valence-corrected chi connectivity index (χ3v) is 7.21. The largest absolute Gasteiger partial charge is 0.534 e. The summed E-state index contributed by atoms with van der Waals surface area (Å²) in [7, 11) is -5.77. The first kappa shape index (κ1) is 32.6. The van der Waals surface area contributed by atoms with E-state index in [9.17, 15) is 31.5 Å². The van der Waals surface area contributed by atoms with Crippen LogP contribution in [-0.2, 0) is 19.6 Å². The zero-order chi connectivity index (χ0) is 30.8. The Morgan fingerprint density at radius 2 is 1.74 bits per heavy atom. The lowest BCUT2D eigenvalue weighted by molar-refractivity contribution is -0.118. The predicted molar refractivity (Wildman–Crippen MR) is 155 cm³/mol. The molecule has 3 aromatic carbocycles. The van der Waals surface area contributed by atoms with Gasteiger partial charge in [-0.2, -0.15) is 21.6 Å². The summed E-state index contributed by atoms with van der Waals surface area (Å²) < 4.78 is 70.2. The summed E-state index contributed by atoms with van der Waals surface area (Å²) in [4.78, 5) is 12.5. The molecule has 0 aliphatic heterocycles. The SMILES string of the molecule is C=C/C(=C\C=C\CC(c1ccccc1)c1ccc2cc(OS(=O)(=O)C(F)(F)F)ccc2c1)C(=O)NCCC(O)OCC. The molecule has 0 aromatic heterocycles. The molecular formula is C31H32F3NO6S. The third kappa shape index (κ3) is 9.04. The first-order chi connectivity index (χ1) is 19.9. The highest BCUT2D eigenvalue weighted by Gasteiger charge is 2.48. The number of carbonyl (C=O) groups excluding carboxylic acids is 1. The maximum Gasteiger partial charge on any atom is 0.534 e. The second-order valence-electron chi connectivity index (χ2n) is 9.16. The maximum atomic E-state index is 12.7. The van der Waals surface area contributed by atoms with Gasteiger partial charge in [-0.15, -0.1) is 0 Å². The number of amides is 1. The minimum absolute atomic E-state index is 0.0946. The van der Waals surface area contributed by atoms with Crippen molar-refractivity contribution in [3.63, 3.8) is 0 Å². The zero-order valence-corrected chi connectivity index (χ0v) is 23.7. The van der Waals surface area contributed by atoms with Gasteiger partial charge in [0, 0.05) is 31.1 Å². The van der Waals surface area contributed by atoms with E-state index < -0.39 is 27.7 Å². The van der Waals surface area contributed by atoms with Crippen LogP contribution in [0.15, 0.2) is 103 Å². The molecule has 0 heterocycles. The van der Waals surface area contributed by atoms with Crippen molar-refractivity contribution in [2.75, 3.05) is 13.2 Å². The molecule has 0 fully saturated rings. The minimum Gasteiger partial charge on any atom is -0.376 e. The molecule has 42 heavy (non-hydrogen) atoms. The highest BCUT2D eigenvalue weighted by Crippen LogP contribution is 2.33. The summed E-state index contributed by atoms with van der Waals surface area (Å²) in [5.41, 5.74) is -3.23. The fourth-order valence-electron chi connectivity index (χ4n) is 4.14. The Morgan fingerprint density at radius 1 is 1.05 bits per heavy atom. The van der Waals surface area contributed by atoms with Crippen LogP contribution in [0.3, 0.4) is 0 Å². The van der Waals surface area contributed by atoms with Crippen LogP contribution in [0.4, 0.5) is 13.2 Å². The van der Waals surface area contributed by atoms with Gasteiger partial charge in [-0.05, 0) is 53.5 Å². The van der Waals surface area contributed by atoms with Crippen LogP contribution in [0, 0.1) is 0 Å². The van der Waals surface area contributed by atoms with Crippen LogP contribution >= 0.6 is 0 Å². The van der Waals surface area contributed by atoms with Gasteiger partial charge in [0.1, 0.15) is 5.75 Å². The molecule has 0 saturated carbocycles. The van der Waals surface area contributed by atoms with Gasteiger partial charge in [-0.3, -0.25) is 4.79 Å². The quantitative estimate of drug-likeness (QED) is 0.0757. The van der Waals surface area contributed by atoms with Gasteiger partial charge in [0.15, 0.2) is 6.29 Å². The average molecular weight is 604 g/mol. The monoisotopic (exact) mass is 603 g/mol. The molecule has 224 valence electrons. The van der Waals surface area contributed by atoms with Crippen LogP contribution in [0.1, 0.15) is 36.8 Å². The number of halogens is 3. The van der Waals surface area contributed by atoms with E-state index in [0.717, 1.165) is 11.1 Å². The fourth-order valence-corrected chi connectivity index (χ4v) is 4.60. The van der Waals surface area contributed by atoms with Crippen LogP contribution in [-0.4, -0.2) is 44.4 Å². The second-order valence-corrected chi connectivity index (χ2v) is 10.7. The van der Waals surface area contributed by atoms with E-state index in [2.05, 4.69) is 16.1 Å². The summed E-state index contributed by atoms with van der Waals surface area (Å²) in [6, 6.07) is 19.0. The van der Waals surface area contributed by atoms with E-state index in [0.29, 0.717) is 29.4 Å². The molecule has 0 saturated heterocycles. The lowest BCUT2D eigenvalue weighted by atomic mass is 9.87. The molecule has 11 heteroatoms. The van der Waals surface area contributed by atoms with E-state index in [1.807, 2.05) is 48.5 Å². The Kier molecular flexibility index (Phi) is 11.5. The number of fused-ring (bicyclic) bond motifs is 1. The molecular weight excluding hydrogens is 571 g/mol. The van der Waals surface area contributed by atoms with Crippen molar-refractivity contribution in [3.05, 3.63) is 114 Å². The standard InChI is InChI=1S/C31H32F3NO6S/c1-3-22(30(37)35-19-18-29(36)40-4-2)10-8-9-13-28(23-11-6-5-7-12-23)26-15-14-25-21-27(17-16-24(25)20-26)41-42(38,39)31(32,33)34/h3,5-12,14-17,20-21,28-29,36H,1,4,13,18-19H2,2H3,(H,35,37)/b9-8+,22-10+. The number of carbonyl (C=O) groups is 1. The van der Waals surface area contributed by atoms with Gasteiger partial charge >= 0.3 is 15.6 Å². The molecule has 3 rings (SSSR count). The number of allylic oxidation sites excluding steroid dienone is 3. The number of hydrogen-bond donors (Lipinski definition) is 2. The van der Waals surface area contributed by atoms with E-state index in [-0.39, 0.29) is 24.8 Å². The number of alkyl halides is 3. The lowest BCUT2D eigenvalue weighted by Gasteiger charge is -2.17. The molecule has 2 unspecified atom stereocenters. The molecule has 2 N–H and O–H groups in total. The zero-order valence-electron chi connectivity index (χ0n) is 22.9. The molecule has 0 bridgehead atoms. The van der Waals surface area contributed by atoms with Crippen LogP contribution in [0.5, 0.6) is 5.75 Å². The van der Waals surface area contributed by atoms with Crippen molar-refractivity contribution in [2.45, 2.75) is 37.5 Å². The highest BCUT2D eigenvalue weighted by molar-refractivity contribution is 7.88. The molecule has 0 aliphatic rings. The average Bonchev–Trinajstić information content (AvgIpc) is 2.94. The van der Waals surface area contributed by atoms with Gasteiger partial charge in [0.2, 0.25) is 0 Å². The fraction of sp³-hybridized carbons (Fsp3) is 0.258. The Bertz CT molecular complexity index is 1540. The normalized spacial score (nSPS) is 14.1. The number of ether oxygens (including phenoxy) is 1. The van der Waals surface area contributed by atoms with Crippen molar-refractivity contribution in [1.82, 2.24) is 5.32 Å². The molecule has 0 radical (unpaired) electrons. The van der Waals surface area contributed by atoms with Gasteiger partial charge in [-0.25, -0.2) is 0 Å². The second kappa shape index (κ2) is 14.8. The summed E-state index contributed by atoms with van der Waals surface area (Å²) >= 11 is 0. The summed E-state index contributed by atoms with van der Waals surface area (Å²) in [6.45, 7) is 6.07. The van der Waals surface area contributed by atoms with Gasteiger partial charge in [0.05, 0.1) is 0 Å². The summed E-state index contributed by atoms with van der Waals surface area (Å²) in [5, 5.41) is 13.5. The Balaban J connectivity index is 1.78.